The number of halogens is 1. The number of benzene rings is 1. The monoisotopic (exact) mass is 266 g/mol. The number of hydrogen-bond acceptors (Lipinski definition) is 2. The molecule has 1 aromatic carbocycles. The molecule has 0 saturated carbocycles. The molecule has 1 unspecified atom stereocenters. The molecule has 3 heteroatoms. The first-order chi connectivity index (χ1) is 9.07. The fourth-order valence-electron chi connectivity index (χ4n) is 2.46. The van der Waals surface area contributed by atoms with Crippen LogP contribution in [-0.4, -0.2) is 24.5 Å². The first-order valence-corrected chi connectivity index (χ1v) is 7.00. The molecule has 4 atom stereocenters. The summed E-state index contributed by atoms with van der Waals surface area (Å²) in [4.78, 5) is 0. The van der Waals surface area contributed by atoms with Gasteiger partial charge in [0, 0.05) is 5.92 Å². The Morgan fingerprint density at radius 1 is 1.37 bits per heavy atom. The third-order valence-electron chi connectivity index (χ3n) is 4.09. The Morgan fingerprint density at radius 2 is 2.05 bits per heavy atom. The van der Waals surface area contributed by atoms with Gasteiger partial charge >= 0.3 is 0 Å². The van der Waals surface area contributed by atoms with E-state index in [0.29, 0.717) is 13.2 Å². The molecule has 1 saturated heterocycles. The molecule has 2 nitrogen and oxygen atoms in total. The van der Waals surface area contributed by atoms with E-state index in [2.05, 4.69) is 0 Å². The number of rotatable bonds is 4. The van der Waals surface area contributed by atoms with Crippen LogP contribution < -0.4 is 0 Å². The lowest BCUT2D eigenvalue weighted by Gasteiger charge is -2.44. The minimum absolute atomic E-state index is 0.111. The average molecular weight is 266 g/mol. The second-order valence-electron chi connectivity index (χ2n) is 5.62. The van der Waals surface area contributed by atoms with Crippen molar-refractivity contribution in [3.8, 4) is 0 Å². The molecule has 2 rings (SSSR count). The summed E-state index contributed by atoms with van der Waals surface area (Å²) in [6, 6.07) is 9.87. The van der Waals surface area contributed by atoms with Crippen molar-refractivity contribution in [2.24, 2.45) is 5.92 Å². The predicted octanol–water partition coefficient (Wildman–Crippen LogP) is 3.74. The SMILES string of the molecule is CC[C@@]1(C)OC[C@H](C)[C@H](F)C1OCc1ccccc1. The van der Waals surface area contributed by atoms with Crippen LogP contribution in [0.3, 0.4) is 0 Å². The Bertz CT molecular complexity index is 395. The van der Waals surface area contributed by atoms with Crippen molar-refractivity contribution in [2.75, 3.05) is 6.61 Å². The minimum atomic E-state index is -0.970. The van der Waals surface area contributed by atoms with Crippen LogP contribution in [0.25, 0.3) is 0 Å². The fourth-order valence-corrected chi connectivity index (χ4v) is 2.46. The molecule has 1 fully saturated rings. The van der Waals surface area contributed by atoms with Crippen molar-refractivity contribution in [1.82, 2.24) is 0 Å². The minimum Gasteiger partial charge on any atom is -0.372 e. The van der Waals surface area contributed by atoms with Crippen molar-refractivity contribution < 1.29 is 13.9 Å². The summed E-state index contributed by atoms with van der Waals surface area (Å²) < 4.78 is 26.1. The van der Waals surface area contributed by atoms with E-state index in [-0.39, 0.29) is 5.92 Å². The van der Waals surface area contributed by atoms with Crippen molar-refractivity contribution in [3.63, 3.8) is 0 Å². The second-order valence-corrected chi connectivity index (χ2v) is 5.62. The smallest absolute Gasteiger partial charge is 0.134 e. The Kier molecular flexibility index (Phi) is 4.58. The summed E-state index contributed by atoms with van der Waals surface area (Å²) in [5.74, 6) is -0.111. The highest BCUT2D eigenvalue weighted by Crippen LogP contribution is 2.35. The van der Waals surface area contributed by atoms with E-state index in [0.717, 1.165) is 12.0 Å². The lowest BCUT2D eigenvalue weighted by atomic mass is 9.84. The van der Waals surface area contributed by atoms with Gasteiger partial charge in [0.15, 0.2) is 0 Å². The summed E-state index contributed by atoms with van der Waals surface area (Å²) in [5, 5.41) is 0. The summed E-state index contributed by atoms with van der Waals surface area (Å²) in [5.41, 5.74) is 0.534. The normalized spacial score (nSPS) is 35.3. The quantitative estimate of drug-likeness (QED) is 0.826. The molecule has 0 aromatic heterocycles. The maximum absolute atomic E-state index is 14.4. The third-order valence-corrected chi connectivity index (χ3v) is 4.09. The van der Waals surface area contributed by atoms with Crippen LogP contribution in [0.15, 0.2) is 30.3 Å². The topological polar surface area (TPSA) is 18.5 Å². The summed E-state index contributed by atoms with van der Waals surface area (Å²) in [7, 11) is 0. The van der Waals surface area contributed by atoms with E-state index in [9.17, 15) is 4.39 Å². The van der Waals surface area contributed by atoms with E-state index >= 15 is 0 Å². The van der Waals surface area contributed by atoms with E-state index in [1.165, 1.54) is 0 Å². The highest BCUT2D eigenvalue weighted by Gasteiger charge is 2.46. The average Bonchev–Trinajstić information content (AvgIpc) is 2.44. The Balaban J connectivity index is 2.06. The molecule has 0 bridgehead atoms. The summed E-state index contributed by atoms with van der Waals surface area (Å²) in [6.07, 6.45) is -0.719. The van der Waals surface area contributed by atoms with Gasteiger partial charge in [0.05, 0.1) is 18.8 Å². The van der Waals surface area contributed by atoms with E-state index in [1.54, 1.807) is 0 Å². The first-order valence-electron chi connectivity index (χ1n) is 7.00. The van der Waals surface area contributed by atoms with Crippen molar-refractivity contribution in [3.05, 3.63) is 35.9 Å². The lowest BCUT2D eigenvalue weighted by Crippen LogP contribution is -2.56. The zero-order chi connectivity index (χ0) is 13.9. The molecule has 0 radical (unpaired) electrons. The summed E-state index contributed by atoms with van der Waals surface area (Å²) >= 11 is 0. The van der Waals surface area contributed by atoms with E-state index < -0.39 is 17.9 Å². The number of hydrogen-bond donors (Lipinski definition) is 0. The van der Waals surface area contributed by atoms with Crippen LogP contribution in [-0.2, 0) is 16.1 Å². The van der Waals surface area contributed by atoms with Gasteiger partial charge in [-0.05, 0) is 18.9 Å². The fraction of sp³-hybridized carbons (Fsp3) is 0.625. The largest absolute Gasteiger partial charge is 0.372 e. The maximum Gasteiger partial charge on any atom is 0.134 e. The van der Waals surface area contributed by atoms with Crippen molar-refractivity contribution >= 4 is 0 Å². The summed E-state index contributed by atoms with van der Waals surface area (Å²) in [6.45, 7) is 6.73. The molecule has 1 aliphatic heterocycles. The molecule has 0 N–H and O–H groups in total. The number of ether oxygens (including phenoxy) is 2. The van der Waals surface area contributed by atoms with Crippen LogP contribution >= 0.6 is 0 Å². The van der Waals surface area contributed by atoms with E-state index in [1.807, 2.05) is 51.1 Å². The highest BCUT2D eigenvalue weighted by atomic mass is 19.1. The van der Waals surface area contributed by atoms with Gasteiger partial charge in [-0.2, -0.15) is 0 Å². The molecule has 106 valence electrons. The van der Waals surface area contributed by atoms with Gasteiger partial charge in [0.2, 0.25) is 0 Å². The van der Waals surface area contributed by atoms with Crippen LogP contribution in [0.4, 0.5) is 4.39 Å². The van der Waals surface area contributed by atoms with E-state index in [4.69, 9.17) is 9.47 Å². The maximum atomic E-state index is 14.4. The zero-order valence-electron chi connectivity index (χ0n) is 11.9. The van der Waals surface area contributed by atoms with Crippen LogP contribution in [0, 0.1) is 5.92 Å². The first kappa shape index (κ1) is 14.5. The second kappa shape index (κ2) is 6.02. The third kappa shape index (κ3) is 3.15. The Hall–Kier alpha value is -0.930. The molecule has 1 heterocycles. The van der Waals surface area contributed by atoms with Crippen LogP contribution in [0.5, 0.6) is 0 Å². The number of alkyl halides is 1. The van der Waals surface area contributed by atoms with Gasteiger partial charge in [0.25, 0.3) is 0 Å². The Labute approximate surface area is 114 Å². The Morgan fingerprint density at radius 3 is 2.68 bits per heavy atom. The molecular formula is C16H23FO2. The molecule has 1 aliphatic rings. The van der Waals surface area contributed by atoms with Crippen LogP contribution in [0.2, 0.25) is 0 Å². The van der Waals surface area contributed by atoms with Gasteiger partial charge in [-0.3, -0.25) is 0 Å². The molecule has 0 aliphatic carbocycles. The van der Waals surface area contributed by atoms with Gasteiger partial charge in [-0.25, -0.2) is 4.39 Å². The van der Waals surface area contributed by atoms with Crippen molar-refractivity contribution in [1.29, 1.82) is 0 Å². The molecule has 0 spiro atoms. The van der Waals surface area contributed by atoms with Gasteiger partial charge in [0.1, 0.15) is 12.3 Å². The van der Waals surface area contributed by atoms with Gasteiger partial charge < -0.3 is 9.47 Å². The highest BCUT2D eigenvalue weighted by molar-refractivity contribution is 5.13. The molecule has 0 amide bonds. The molecule has 19 heavy (non-hydrogen) atoms. The zero-order valence-corrected chi connectivity index (χ0v) is 11.9. The van der Waals surface area contributed by atoms with Crippen molar-refractivity contribution in [2.45, 2.75) is 51.7 Å². The van der Waals surface area contributed by atoms with Gasteiger partial charge in [-0.1, -0.05) is 44.2 Å². The molecule has 1 aromatic rings. The standard InChI is InChI=1S/C16H23FO2/c1-4-16(3)15(14(17)12(2)10-19-16)18-11-13-8-6-5-7-9-13/h5-9,12,14-15H,4,10-11H2,1-3H3/t12-,14-,15?,16+/m0/s1. The van der Waals surface area contributed by atoms with Gasteiger partial charge in [-0.15, -0.1) is 0 Å². The lowest BCUT2D eigenvalue weighted by molar-refractivity contribution is -0.215. The predicted molar refractivity (Wildman–Crippen MR) is 73.7 cm³/mol. The van der Waals surface area contributed by atoms with Crippen LogP contribution in [0.1, 0.15) is 32.8 Å². The molecular weight excluding hydrogens is 243 g/mol.